The van der Waals surface area contributed by atoms with E-state index in [0.29, 0.717) is 24.9 Å². The molecule has 12 heavy (non-hydrogen) atoms. The number of nitrogens with zero attached hydrogens (tertiary/aromatic N) is 1. The highest BCUT2D eigenvalue weighted by Gasteiger charge is 2.41. The van der Waals surface area contributed by atoms with Gasteiger partial charge in [0.1, 0.15) is 0 Å². The smallest absolute Gasteiger partial charge is 0.407 e. The van der Waals surface area contributed by atoms with Crippen LogP contribution in [0.3, 0.4) is 0 Å². The summed E-state index contributed by atoms with van der Waals surface area (Å²) in [4.78, 5) is 12.2. The van der Waals surface area contributed by atoms with Crippen molar-refractivity contribution in [1.82, 2.24) is 4.90 Å². The van der Waals surface area contributed by atoms with Crippen molar-refractivity contribution in [2.24, 2.45) is 17.6 Å². The Kier molecular flexibility index (Phi) is 1.72. The lowest BCUT2D eigenvalue weighted by Crippen LogP contribution is -2.50. The van der Waals surface area contributed by atoms with Crippen molar-refractivity contribution in [3.8, 4) is 0 Å². The van der Waals surface area contributed by atoms with E-state index < -0.39 is 6.09 Å². The summed E-state index contributed by atoms with van der Waals surface area (Å²) in [6.45, 7) is 1.29. The lowest BCUT2D eigenvalue weighted by atomic mass is 9.93. The maximum Gasteiger partial charge on any atom is 0.407 e. The average Bonchev–Trinajstić information content (AvgIpc) is 2.30. The molecule has 2 unspecified atom stereocenters. The molecule has 3 N–H and O–H groups in total. The van der Waals surface area contributed by atoms with Gasteiger partial charge < -0.3 is 15.7 Å². The highest BCUT2D eigenvalue weighted by atomic mass is 16.4. The van der Waals surface area contributed by atoms with E-state index in [9.17, 15) is 4.79 Å². The Hall–Kier alpha value is -0.770. The Bertz CT molecular complexity index is 193. The van der Waals surface area contributed by atoms with Gasteiger partial charge in [0, 0.05) is 19.1 Å². The minimum atomic E-state index is -0.793. The van der Waals surface area contributed by atoms with Gasteiger partial charge in [-0.05, 0) is 24.7 Å². The molecule has 1 aliphatic carbocycles. The van der Waals surface area contributed by atoms with Crippen LogP contribution in [0.2, 0.25) is 0 Å². The highest BCUT2D eigenvalue weighted by Crippen LogP contribution is 2.35. The Morgan fingerprint density at radius 2 is 1.83 bits per heavy atom. The first-order valence-corrected chi connectivity index (χ1v) is 4.42. The summed E-state index contributed by atoms with van der Waals surface area (Å²) in [5.41, 5.74) is 5.93. The standard InChI is InChI=1S/C8H14N2O2/c9-7-5-1-2-6(7)4-10(3-5)8(11)12/h5-7H,1-4,9H2,(H,11,12). The first-order valence-electron chi connectivity index (χ1n) is 4.42. The molecule has 0 spiro atoms. The van der Waals surface area contributed by atoms with Crippen LogP contribution in [0.1, 0.15) is 12.8 Å². The number of amides is 1. The summed E-state index contributed by atoms with van der Waals surface area (Å²) in [5, 5.41) is 8.77. The van der Waals surface area contributed by atoms with Crippen LogP contribution in [-0.4, -0.2) is 35.2 Å². The van der Waals surface area contributed by atoms with Crippen LogP contribution in [0.4, 0.5) is 4.79 Å². The van der Waals surface area contributed by atoms with Crippen LogP contribution in [0.15, 0.2) is 0 Å². The van der Waals surface area contributed by atoms with Crippen molar-refractivity contribution >= 4 is 6.09 Å². The number of carbonyl (C=O) groups is 1. The number of carboxylic acid groups (broad SMARTS) is 1. The second-order valence-corrected chi connectivity index (χ2v) is 3.86. The average molecular weight is 170 g/mol. The molecular weight excluding hydrogens is 156 g/mol. The van der Waals surface area contributed by atoms with Crippen molar-refractivity contribution in [3.63, 3.8) is 0 Å². The van der Waals surface area contributed by atoms with Crippen LogP contribution in [-0.2, 0) is 0 Å². The molecule has 0 aromatic carbocycles. The van der Waals surface area contributed by atoms with E-state index in [2.05, 4.69) is 0 Å². The number of piperidine rings is 1. The molecule has 1 saturated heterocycles. The number of hydrogen-bond donors (Lipinski definition) is 2. The molecule has 2 aliphatic rings. The van der Waals surface area contributed by atoms with Gasteiger partial charge in [-0.25, -0.2) is 4.79 Å². The molecule has 2 atom stereocenters. The zero-order valence-corrected chi connectivity index (χ0v) is 6.94. The quantitative estimate of drug-likeness (QED) is 0.550. The SMILES string of the molecule is NC1C2CCC1CN(C(=O)O)C2. The summed E-state index contributed by atoms with van der Waals surface area (Å²) in [6, 6.07) is 0.251. The molecule has 2 rings (SSSR count). The van der Waals surface area contributed by atoms with Gasteiger partial charge in [0.05, 0.1) is 0 Å². The van der Waals surface area contributed by atoms with Crippen LogP contribution in [0.5, 0.6) is 0 Å². The maximum atomic E-state index is 10.7. The second kappa shape index (κ2) is 2.62. The van der Waals surface area contributed by atoms with E-state index in [1.54, 1.807) is 0 Å². The highest BCUT2D eigenvalue weighted by molar-refractivity contribution is 5.65. The molecule has 1 heterocycles. The summed E-state index contributed by atoms with van der Waals surface area (Å²) >= 11 is 0. The lowest BCUT2D eigenvalue weighted by Gasteiger charge is -2.34. The normalized spacial score (nSPS) is 40.1. The fraction of sp³-hybridized carbons (Fsp3) is 0.875. The van der Waals surface area contributed by atoms with Gasteiger partial charge in [0.15, 0.2) is 0 Å². The number of fused-ring (bicyclic) bond motifs is 2. The van der Waals surface area contributed by atoms with Crippen LogP contribution < -0.4 is 5.73 Å². The summed E-state index contributed by atoms with van der Waals surface area (Å²) in [7, 11) is 0. The van der Waals surface area contributed by atoms with Gasteiger partial charge in [-0.1, -0.05) is 0 Å². The van der Waals surface area contributed by atoms with Crippen molar-refractivity contribution in [1.29, 1.82) is 0 Å². The zero-order chi connectivity index (χ0) is 8.72. The van der Waals surface area contributed by atoms with E-state index >= 15 is 0 Å². The molecular formula is C8H14N2O2. The Morgan fingerprint density at radius 3 is 2.25 bits per heavy atom. The van der Waals surface area contributed by atoms with Crippen molar-refractivity contribution in [2.45, 2.75) is 18.9 Å². The van der Waals surface area contributed by atoms with Gasteiger partial charge in [-0.15, -0.1) is 0 Å². The molecule has 4 nitrogen and oxygen atoms in total. The number of nitrogens with two attached hydrogens (primary N) is 1. The lowest BCUT2D eigenvalue weighted by molar-refractivity contribution is 0.109. The third-order valence-corrected chi connectivity index (χ3v) is 3.18. The Morgan fingerprint density at radius 1 is 1.33 bits per heavy atom. The van der Waals surface area contributed by atoms with E-state index in [1.165, 1.54) is 4.90 Å². The first kappa shape index (κ1) is 7.86. The summed E-state index contributed by atoms with van der Waals surface area (Å²) in [6.07, 6.45) is 1.42. The van der Waals surface area contributed by atoms with E-state index in [0.717, 1.165) is 12.8 Å². The van der Waals surface area contributed by atoms with Gasteiger partial charge in [0.2, 0.25) is 0 Å². The van der Waals surface area contributed by atoms with Crippen molar-refractivity contribution in [3.05, 3.63) is 0 Å². The maximum absolute atomic E-state index is 10.7. The van der Waals surface area contributed by atoms with E-state index in [-0.39, 0.29) is 6.04 Å². The fourth-order valence-corrected chi connectivity index (χ4v) is 2.42. The van der Waals surface area contributed by atoms with Crippen molar-refractivity contribution < 1.29 is 9.90 Å². The summed E-state index contributed by atoms with van der Waals surface area (Å²) in [5.74, 6) is 0.833. The monoisotopic (exact) mass is 170 g/mol. The molecule has 1 saturated carbocycles. The third-order valence-electron chi connectivity index (χ3n) is 3.18. The third kappa shape index (κ3) is 1.06. The van der Waals surface area contributed by atoms with Crippen LogP contribution in [0, 0.1) is 11.8 Å². The van der Waals surface area contributed by atoms with Crippen LogP contribution >= 0.6 is 0 Å². The molecule has 0 aromatic heterocycles. The van der Waals surface area contributed by atoms with E-state index in [1.807, 2.05) is 0 Å². The zero-order valence-electron chi connectivity index (χ0n) is 6.94. The fourth-order valence-electron chi connectivity index (χ4n) is 2.42. The summed E-state index contributed by atoms with van der Waals surface area (Å²) < 4.78 is 0. The molecule has 68 valence electrons. The largest absolute Gasteiger partial charge is 0.465 e. The Balaban J connectivity index is 2.07. The van der Waals surface area contributed by atoms with Crippen molar-refractivity contribution in [2.75, 3.05) is 13.1 Å². The number of rotatable bonds is 0. The number of likely N-dealkylation sites (tertiary alicyclic amines) is 1. The van der Waals surface area contributed by atoms with Gasteiger partial charge in [-0.3, -0.25) is 0 Å². The van der Waals surface area contributed by atoms with Crippen LogP contribution in [0.25, 0.3) is 0 Å². The van der Waals surface area contributed by atoms with E-state index in [4.69, 9.17) is 10.8 Å². The predicted octanol–water partition coefficient (Wildman–Crippen LogP) is 0.334. The molecule has 1 aliphatic heterocycles. The molecule has 4 heteroatoms. The molecule has 2 bridgehead atoms. The molecule has 0 radical (unpaired) electrons. The predicted molar refractivity (Wildman–Crippen MR) is 43.8 cm³/mol. The Labute approximate surface area is 71.3 Å². The first-order chi connectivity index (χ1) is 5.68. The van der Waals surface area contributed by atoms with Gasteiger partial charge in [0.25, 0.3) is 0 Å². The molecule has 2 fully saturated rings. The molecule has 0 aromatic rings. The van der Waals surface area contributed by atoms with Gasteiger partial charge >= 0.3 is 6.09 Å². The molecule has 1 amide bonds. The minimum absolute atomic E-state index is 0.251. The second-order valence-electron chi connectivity index (χ2n) is 3.86. The number of hydrogen-bond acceptors (Lipinski definition) is 2. The topological polar surface area (TPSA) is 66.6 Å². The minimum Gasteiger partial charge on any atom is -0.465 e. The van der Waals surface area contributed by atoms with Gasteiger partial charge in [-0.2, -0.15) is 0 Å².